The number of fused-ring (bicyclic) bond motifs is 2. The first kappa shape index (κ1) is 18.3. The van der Waals surface area contributed by atoms with Crippen molar-refractivity contribution in [1.82, 2.24) is 20.2 Å². The van der Waals surface area contributed by atoms with Crippen LogP contribution in [-0.2, 0) is 4.79 Å². The van der Waals surface area contributed by atoms with Crippen LogP contribution in [0.2, 0.25) is 0 Å². The maximum Gasteiger partial charge on any atom is 0.323 e. The first-order valence-electron chi connectivity index (χ1n) is 9.00. The summed E-state index contributed by atoms with van der Waals surface area (Å²) in [5.41, 5.74) is 1.55. The molecule has 0 radical (unpaired) electrons. The third-order valence-electron chi connectivity index (χ3n) is 4.33. The van der Waals surface area contributed by atoms with E-state index in [0.29, 0.717) is 28.2 Å². The molecule has 152 valence electrons. The number of nitrogens with one attached hydrogen (secondary N) is 3. The lowest BCUT2D eigenvalue weighted by Gasteiger charge is -2.23. The van der Waals surface area contributed by atoms with Gasteiger partial charge in [-0.3, -0.25) is 4.79 Å². The van der Waals surface area contributed by atoms with Gasteiger partial charge >= 0.3 is 5.69 Å². The van der Waals surface area contributed by atoms with Crippen LogP contribution in [0.1, 0.15) is 12.0 Å². The van der Waals surface area contributed by atoms with Gasteiger partial charge in [-0.25, -0.2) is 4.79 Å². The molecular formula is C19H15N5O5S. The summed E-state index contributed by atoms with van der Waals surface area (Å²) in [7, 11) is 0. The van der Waals surface area contributed by atoms with E-state index in [1.165, 1.54) is 0 Å². The number of thioether (sulfide) groups is 1. The number of aromatic nitrogens is 4. The van der Waals surface area contributed by atoms with E-state index >= 15 is 0 Å². The summed E-state index contributed by atoms with van der Waals surface area (Å²) in [5.74, 6) is 1.40. The summed E-state index contributed by atoms with van der Waals surface area (Å²) in [5, 5.41) is 11.0. The molecule has 0 unspecified atom stereocenters. The maximum atomic E-state index is 12.2. The van der Waals surface area contributed by atoms with Gasteiger partial charge in [0.05, 0.1) is 16.8 Å². The third-order valence-corrected chi connectivity index (χ3v) is 5.15. The lowest BCUT2D eigenvalue weighted by Crippen LogP contribution is -2.21. The van der Waals surface area contributed by atoms with Crippen molar-refractivity contribution in [1.29, 1.82) is 0 Å². The van der Waals surface area contributed by atoms with Gasteiger partial charge in [0.2, 0.25) is 12.0 Å². The van der Waals surface area contributed by atoms with Gasteiger partial charge < -0.3 is 29.2 Å². The number of H-pyrrole nitrogens is 2. The number of carbonyl (C=O) groups excluding carboxylic acids is 1. The highest BCUT2D eigenvalue weighted by Crippen LogP contribution is 2.35. The Kier molecular flexibility index (Phi) is 4.64. The van der Waals surface area contributed by atoms with Gasteiger partial charge in [0.25, 0.3) is 11.1 Å². The summed E-state index contributed by atoms with van der Waals surface area (Å²) < 4.78 is 17.1. The van der Waals surface area contributed by atoms with Crippen LogP contribution in [0.15, 0.2) is 56.9 Å². The second-order valence-electron chi connectivity index (χ2n) is 6.45. The Labute approximate surface area is 173 Å². The first-order chi connectivity index (χ1) is 14.6. The molecule has 11 heteroatoms. The average molecular weight is 425 g/mol. The Hall–Kier alpha value is -3.73. The Morgan fingerprint density at radius 1 is 1.13 bits per heavy atom. The van der Waals surface area contributed by atoms with E-state index in [0.717, 1.165) is 11.8 Å². The molecule has 0 aliphatic carbocycles. The van der Waals surface area contributed by atoms with Crippen molar-refractivity contribution in [3.05, 3.63) is 58.8 Å². The molecule has 1 atom stereocenters. The molecule has 3 heterocycles. The zero-order chi connectivity index (χ0) is 20.5. The highest BCUT2D eigenvalue weighted by molar-refractivity contribution is 7.99. The SMILES string of the molecule is O=C(CSc1nnc([C@@H]2COc3ccccc3O2)o1)Nc1ccc2[nH]c(=O)[nH]c2c1. The van der Waals surface area contributed by atoms with E-state index in [4.69, 9.17) is 13.9 Å². The number of amides is 1. The minimum absolute atomic E-state index is 0.0776. The van der Waals surface area contributed by atoms with Crippen LogP contribution in [0.4, 0.5) is 5.69 Å². The van der Waals surface area contributed by atoms with E-state index in [9.17, 15) is 9.59 Å². The lowest BCUT2D eigenvalue weighted by molar-refractivity contribution is -0.113. The van der Waals surface area contributed by atoms with Gasteiger partial charge in [-0.2, -0.15) is 0 Å². The van der Waals surface area contributed by atoms with E-state index in [1.54, 1.807) is 24.3 Å². The van der Waals surface area contributed by atoms with Gasteiger partial charge in [-0.05, 0) is 30.3 Å². The highest BCUT2D eigenvalue weighted by atomic mass is 32.2. The van der Waals surface area contributed by atoms with Crippen LogP contribution in [0.5, 0.6) is 11.5 Å². The van der Waals surface area contributed by atoms with Gasteiger partial charge in [0.1, 0.15) is 6.61 Å². The second-order valence-corrected chi connectivity index (χ2v) is 7.37. The minimum atomic E-state index is -0.509. The molecule has 10 nitrogen and oxygen atoms in total. The number of hydrogen-bond donors (Lipinski definition) is 3. The Morgan fingerprint density at radius 3 is 2.87 bits per heavy atom. The minimum Gasteiger partial charge on any atom is -0.485 e. The number of benzene rings is 2. The molecule has 3 N–H and O–H groups in total. The zero-order valence-corrected chi connectivity index (χ0v) is 16.2. The second kappa shape index (κ2) is 7.59. The molecule has 1 aliphatic heterocycles. The molecule has 0 saturated heterocycles. The van der Waals surface area contributed by atoms with Crippen molar-refractivity contribution in [2.24, 2.45) is 0 Å². The fraction of sp³-hybridized carbons (Fsp3) is 0.158. The average Bonchev–Trinajstić information content (AvgIpc) is 3.37. The standard InChI is InChI=1S/C19H15N5O5S/c25-16(20-10-5-6-11-12(7-10)22-18(26)21-11)9-30-19-24-23-17(29-19)15-8-27-13-3-1-2-4-14(13)28-15/h1-7,15H,8-9H2,(H,20,25)(H2,21,22,26)/t15-/m0/s1. The van der Waals surface area contributed by atoms with Crippen molar-refractivity contribution >= 4 is 34.4 Å². The van der Waals surface area contributed by atoms with Gasteiger partial charge in [-0.15, -0.1) is 10.2 Å². The summed E-state index contributed by atoms with van der Waals surface area (Å²) >= 11 is 1.11. The molecule has 5 rings (SSSR count). The van der Waals surface area contributed by atoms with Crippen LogP contribution in [0, 0.1) is 0 Å². The van der Waals surface area contributed by atoms with Crippen LogP contribution >= 0.6 is 11.8 Å². The Bertz CT molecular complexity index is 1280. The largest absolute Gasteiger partial charge is 0.485 e. The van der Waals surface area contributed by atoms with Gasteiger partial charge in [0, 0.05) is 5.69 Å². The fourth-order valence-electron chi connectivity index (χ4n) is 2.98. The molecule has 1 aliphatic rings. The normalized spacial score (nSPS) is 15.3. The van der Waals surface area contributed by atoms with Crippen LogP contribution < -0.4 is 20.5 Å². The van der Waals surface area contributed by atoms with E-state index in [1.807, 2.05) is 18.2 Å². The first-order valence-corrected chi connectivity index (χ1v) is 9.99. The van der Waals surface area contributed by atoms with Crippen LogP contribution in [0.3, 0.4) is 0 Å². The molecule has 30 heavy (non-hydrogen) atoms. The van der Waals surface area contributed by atoms with Crippen molar-refractivity contribution in [2.75, 3.05) is 17.7 Å². The smallest absolute Gasteiger partial charge is 0.323 e. The summed E-state index contributed by atoms with van der Waals surface area (Å²) in [6.07, 6.45) is -0.509. The number of ether oxygens (including phenoxy) is 2. The molecular weight excluding hydrogens is 410 g/mol. The number of aromatic amines is 2. The number of para-hydroxylation sites is 2. The molecule has 2 aromatic heterocycles. The number of rotatable bonds is 5. The molecule has 0 saturated carbocycles. The Morgan fingerprint density at radius 2 is 1.97 bits per heavy atom. The molecule has 1 amide bonds. The monoisotopic (exact) mass is 425 g/mol. The summed E-state index contributed by atoms with van der Waals surface area (Å²) in [6.45, 7) is 0.257. The van der Waals surface area contributed by atoms with Crippen molar-refractivity contribution in [3.8, 4) is 11.5 Å². The van der Waals surface area contributed by atoms with Crippen molar-refractivity contribution in [2.45, 2.75) is 11.3 Å². The molecule has 0 spiro atoms. The molecule has 4 aromatic rings. The van der Waals surface area contributed by atoms with Gasteiger partial charge in [-0.1, -0.05) is 23.9 Å². The van der Waals surface area contributed by atoms with E-state index in [-0.39, 0.29) is 35.1 Å². The number of imidazole rings is 1. The maximum absolute atomic E-state index is 12.2. The molecule has 0 bridgehead atoms. The fourth-order valence-corrected chi connectivity index (χ4v) is 3.55. The number of hydrogen-bond acceptors (Lipinski definition) is 8. The van der Waals surface area contributed by atoms with Crippen molar-refractivity contribution < 1.29 is 18.7 Å². The van der Waals surface area contributed by atoms with E-state index < -0.39 is 6.10 Å². The molecule has 0 fully saturated rings. The predicted octanol–water partition coefficient (Wildman–Crippen LogP) is 2.48. The lowest BCUT2D eigenvalue weighted by atomic mass is 10.2. The number of nitrogens with zero attached hydrogens (tertiary/aromatic N) is 2. The Balaban J connectivity index is 1.18. The zero-order valence-electron chi connectivity index (χ0n) is 15.4. The summed E-state index contributed by atoms with van der Waals surface area (Å²) in [4.78, 5) is 28.8. The van der Waals surface area contributed by atoms with E-state index in [2.05, 4.69) is 25.5 Å². The van der Waals surface area contributed by atoms with Crippen LogP contribution in [0.25, 0.3) is 11.0 Å². The quantitative estimate of drug-likeness (QED) is 0.415. The number of carbonyl (C=O) groups is 1. The van der Waals surface area contributed by atoms with Crippen LogP contribution in [-0.4, -0.2) is 38.4 Å². The highest BCUT2D eigenvalue weighted by Gasteiger charge is 2.27. The molecule has 2 aromatic carbocycles. The van der Waals surface area contributed by atoms with Crippen molar-refractivity contribution in [3.63, 3.8) is 0 Å². The third kappa shape index (κ3) is 3.74. The topological polar surface area (TPSA) is 135 Å². The predicted molar refractivity (Wildman–Crippen MR) is 108 cm³/mol. The number of anilines is 1. The summed E-state index contributed by atoms with van der Waals surface area (Å²) in [6, 6.07) is 12.4. The van der Waals surface area contributed by atoms with Gasteiger partial charge in [0.15, 0.2) is 11.5 Å².